The maximum atomic E-state index is 5.12. The van der Waals surface area contributed by atoms with Gasteiger partial charge in [-0.1, -0.05) is 0 Å². The van der Waals surface area contributed by atoms with Crippen LogP contribution in [0.3, 0.4) is 0 Å². The summed E-state index contributed by atoms with van der Waals surface area (Å²) in [5.74, 6) is 0. The van der Waals surface area contributed by atoms with Crippen molar-refractivity contribution in [3.8, 4) is 0 Å². The van der Waals surface area contributed by atoms with E-state index in [0.29, 0.717) is 6.04 Å². The molecular weight excluding hydrogens is 274 g/mol. The Morgan fingerprint density at radius 1 is 1.53 bits per heavy atom. The van der Waals surface area contributed by atoms with Gasteiger partial charge in [0.25, 0.3) is 0 Å². The Bertz CT molecular complexity index is 288. The van der Waals surface area contributed by atoms with Crippen LogP contribution in [-0.4, -0.2) is 31.2 Å². The van der Waals surface area contributed by atoms with E-state index in [1.807, 2.05) is 0 Å². The topological polar surface area (TPSA) is 12.5 Å². The van der Waals surface area contributed by atoms with Crippen molar-refractivity contribution < 1.29 is 4.74 Å². The molecule has 4 heteroatoms. The average molecular weight is 292 g/mol. The van der Waals surface area contributed by atoms with Gasteiger partial charge in [0.05, 0.1) is 6.61 Å². The van der Waals surface area contributed by atoms with Crippen molar-refractivity contribution in [3.05, 3.63) is 20.8 Å². The van der Waals surface area contributed by atoms with Crippen LogP contribution in [0.25, 0.3) is 0 Å². The quantitative estimate of drug-likeness (QED) is 0.797. The summed E-state index contributed by atoms with van der Waals surface area (Å²) in [7, 11) is 1.75. The average Bonchev–Trinajstić information content (AvgIpc) is 2.58. The molecule has 0 unspecified atom stereocenters. The fourth-order valence-corrected chi connectivity index (χ4v) is 2.84. The maximum absolute atomic E-state index is 5.12. The second-order valence-electron chi connectivity index (χ2n) is 3.79. The molecule has 0 N–H and O–H groups in total. The minimum Gasteiger partial charge on any atom is -0.383 e. The fraction of sp³-hybridized carbons (Fsp3) is 0.636. The Balaban J connectivity index is 2.50. The smallest absolute Gasteiger partial charge is 0.0589 e. The first kappa shape index (κ1) is 13.2. The molecule has 0 aliphatic carbocycles. The van der Waals surface area contributed by atoms with Gasteiger partial charge in [-0.2, -0.15) is 0 Å². The lowest BCUT2D eigenvalue weighted by atomic mass is 10.3. The number of nitrogens with zero attached hydrogens (tertiary/aromatic N) is 1. The highest BCUT2D eigenvalue weighted by Gasteiger charge is 2.10. The first-order valence-electron chi connectivity index (χ1n) is 5.09. The maximum Gasteiger partial charge on any atom is 0.0589 e. The van der Waals surface area contributed by atoms with E-state index in [9.17, 15) is 0 Å². The number of ether oxygens (including phenoxy) is 1. The summed E-state index contributed by atoms with van der Waals surface area (Å²) >= 11 is 5.28. The number of rotatable bonds is 6. The molecule has 0 spiro atoms. The van der Waals surface area contributed by atoms with E-state index in [1.54, 1.807) is 18.4 Å². The van der Waals surface area contributed by atoms with E-state index in [2.05, 4.69) is 46.1 Å². The summed E-state index contributed by atoms with van der Waals surface area (Å²) in [6.45, 7) is 7.24. The van der Waals surface area contributed by atoms with Crippen molar-refractivity contribution in [2.45, 2.75) is 26.4 Å². The van der Waals surface area contributed by atoms with E-state index < -0.39 is 0 Å². The minimum atomic E-state index is 0.557. The van der Waals surface area contributed by atoms with Crippen LogP contribution in [0.1, 0.15) is 18.7 Å². The van der Waals surface area contributed by atoms with Gasteiger partial charge in [-0.25, -0.2) is 0 Å². The summed E-state index contributed by atoms with van der Waals surface area (Å²) < 4.78 is 6.30. The molecular formula is C11H18BrNOS. The molecule has 2 nitrogen and oxygen atoms in total. The number of hydrogen-bond acceptors (Lipinski definition) is 3. The number of halogens is 1. The van der Waals surface area contributed by atoms with Crippen LogP contribution in [0.2, 0.25) is 0 Å². The third-order valence-electron chi connectivity index (χ3n) is 2.29. The highest BCUT2D eigenvalue weighted by Crippen LogP contribution is 2.21. The predicted octanol–water partition coefficient (Wildman–Crippen LogP) is 3.37. The molecule has 1 aromatic rings. The van der Waals surface area contributed by atoms with E-state index in [1.165, 1.54) is 9.35 Å². The van der Waals surface area contributed by atoms with Crippen molar-refractivity contribution in [2.75, 3.05) is 20.3 Å². The van der Waals surface area contributed by atoms with Gasteiger partial charge >= 0.3 is 0 Å². The summed E-state index contributed by atoms with van der Waals surface area (Å²) in [6.07, 6.45) is 0. The zero-order valence-corrected chi connectivity index (χ0v) is 11.9. The summed E-state index contributed by atoms with van der Waals surface area (Å²) in [5, 5.41) is 2.13. The molecule has 1 heterocycles. The fourth-order valence-electron chi connectivity index (χ4n) is 1.37. The summed E-state index contributed by atoms with van der Waals surface area (Å²) in [5.41, 5.74) is 0. The third kappa shape index (κ3) is 4.64. The number of hydrogen-bond donors (Lipinski definition) is 0. The highest BCUT2D eigenvalue weighted by molar-refractivity contribution is 9.10. The van der Waals surface area contributed by atoms with Gasteiger partial charge in [-0.15, -0.1) is 11.3 Å². The molecule has 0 fully saturated rings. The Morgan fingerprint density at radius 3 is 2.73 bits per heavy atom. The second-order valence-corrected chi connectivity index (χ2v) is 5.70. The van der Waals surface area contributed by atoms with Crippen LogP contribution in [0.15, 0.2) is 15.9 Å². The van der Waals surface area contributed by atoms with Gasteiger partial charge in [0.2, 0.25) is 0 Å². The molecule has 0 aliphatic heterocycles. The van der Waals surface area contributed by atoms with E-state index in [0.717, 1.165) is 19.7 Å². The standard InChI is InChI=1S/C11H18BrNOS/c1-9(2)13(4-5-14-3)7-11-6-10(12)8-15-11/h6,8-9H,4-5,7H2,1-3H3. The monoisotopic (exact) mass is 291 g/mol. The normalized spacial score (nSPS) is 11.6. The van der Waals surface area contributed by atoms with Gasteiger partial charge in [0.1, 0.15) is 0 Å². The molecule has 0 aromatic carbocycles. The molecule has 15 heavy (non-hydrogen) atoms. The minimum absolute atomic E-state index is 0.557. The van der Waals surface area contributed by atoms with E-state index in [4.69, 9.17) is 4.74 Å². The third-order valence-corrected chi connectivity index (χ3v) is 3.98. The summed E-state index contributed by atoms with van der Waals surface area (Å²) in [6, 6.07) is 2.74. The molecule has 0 aliphatic rings. The Labute approximate surface area is 104 Å². The van der Waals surface area contributed by atoms with Crippen molar-refractivity contribution in [3.63, 3.8) is 0 Å². The van der Waals surface area contributed by atoms with Crippen molar-refractivity contribution >= 4 is 27.3 Å². The number of methoxy groups -OCH3 is 1. The van der Waals surface area contributed by atoms with Gasteiger partial charge in [-0.05, 0) is 35.8 Å². The zero-order chi connectivity index (χ0) is 11.3. The van der Waals surface area contributed by atoms with Crippen molar-refractivity contribution in [1.82, 2.24) is 4.90 Å². The Morgan fingerprint density at radius 2 is 2.27 bits per heavy atom. The molecule has 0 bridgehead atoms. The molecule has 1 rings (SSSR count). The molecule has 0 radical (unpaired) electrons. The molecule has 1 aromatic heterocycles. The molecule has 0 amide bonds. The first-order valence-corrected chi connectivity index (χ1v) is 6.76. The van der Waals surface area contributed by atoms with Gasteiger partial charge in [0.15, 0.2) is 0 Å². The Hall–Kier alpha value is 0.1000. The highest BCUT2D eigenvalue weighted by atomic mass is 79.9. The van der Waals surface area contributed by atoms with Gasteiger partial charge in [0, 0.05) is 41.0 Å². The van der Waals surface area contributed by atoms with E-state index >= 15 is 0 Å². The van der Waals surface area contributed by atoms with E-state index in [-0.39, 0.29) is 0 Å². The second kappa shape index (κ2) is 6.63. The van der Waals surface area contributed by atoms with Crippen LogP contribution in [0.4, 0.5) is 0 Å². The van der Waals surface area contributed by atoms with Crippen LogP contribution >= 0.6 is 27.3 Å². The zero-order valence-electron chi connectivity index (χ0n) is 9.50. The number of thiophene rings is 1. The SMILES string of the molecule is COCCN(Cc1cc(Br)cs1)C(C)C. The van der Waals surface area contributed by atoms with Crippen LogP contribution < -0.4 is 0 Å². The molecule has 0 atom stereocenters. The predicted molar refractivity (Wildman–Crippen MR) is 69.4 cm³/mol. The molecule has 0 saturated heterocycles. The Kier molecular flexibility index (Phi) is 5.82. The summed E-state index contributed by atoms with van der Waals surface area (Å²) in [4.78, 5) is 3.81. The largest absolute Gasteiger partial charge is 0.383 e. The lowest BCUT2D eigenvalue weighted by molar-refractivity contribution is 0.125. The van der Waals surface area contributed by atoms with Gasteiger partial charge in [-0.3, -0.25) is 4.90 Å². The molecule has 0 saturated carbocycles. The molecule has 86 valence electrons. The van der Waals surface area contributed by atoms with Crippen LogP contribution in [0, 0.1) is 0 Å². The lowest BCUT2D eigenvalue weighted by Crippen LogP contribution is -2.32. The van der Waals surface area contributed by atoms with Crippen molar-refractivity contribution in [2.24, 2.45) is 0 Å². The van der Waals surface area contributed by atoms with Crippen molar-refractivity contribution in [1.29, 1.82) is 0 Å². The first-order chi connectivity index (χ1) is 7.13. The van der Waals surface area contributed by atoms with Crippen LogP contribution in [-0.2, 0) is 11.3 Å². The van der Waals surface area contributed by atoms with Gasteiger partial charge < -0.3 is 4.74 Å². The lowest BCUT2D eigenvalue weighted by Gasteiger charge is -2.25. The van der Waals surface area contributed by atoms with Crippen LogP contribution in [0.5, 0.6) is 0 Å².